The van der Waals surface area contributed by atoms with Crippen molar-refractivity contribution in [3.63, 3.8) is 0 Å². The molecule has 2 nitrogen and oxygen atoms in total. The SMILES string of the molecule is Cc1ncccc1C(O)Cc1ccc(I)cc1. The Morgan fingerprint density at radius 2 is 1.94 bits per heavy atom. The molecule has 1 aromatic carbocycles. The number of aromatic nitrogens is 1. The fraction of sp³-hybridized carbons (Fsp3) is 0.214. The number of rotatable bonds is 3. The van der Waals surface area contributed by atoms with Crippen LogP contribution in [-0.4, -0.2) is 10.1 Å². The fourth-order valence-electron chi connectivity index (χ4n) is 1.80. The summed E-state index contributed by atoms with van der Waals surface area (Å²) in [5, 5.41) is 10.2. The van der Waals surface area contributed by atoms with Crippen molar-refractivity contribution in [1.82, 2.24) is 4.98 Å². The monoisotopic (exact) mass is 339 g/mol. The van der Waals surface area contributed by atoms with E-state index in [1.165, 1.54) is 3.57 Å². The third-order valence-electron chi connectivity index (χ3n) is 2.75. The lowest BCUT2D eigenvalue weighted by molar-refractivity contribution is 0.177. The third-order valence-corrected chi connectivity index (χ3v) is 3.47. The number of halogens is 1. The number of aliphatic hydroxyl groups is 1. The first-order valence-electron chi connectivity index (χ1n) is 5.51. The average Bonchev–Trinajstić information content (AvgIpc) is 2.32. The van der Waals surface area contributed by atoms with Crippen LogP contribution in [0.25, 0.3) is 0 Å². The Morgan fingerprint density at radius 1 is 1.24 bits per heavy atom. The smallest absolute Gasteiger partial charge is 0.0847 e. The van der Waals surface area contributed by atoms with E-state index in [0.29, 0.717) is 6.42 Å². The molecule has 1 heterocycles. The second-order valence-corrected chi connectivity index (χ2v) is 5.27. The summed E-state index contributed by atoms with van der Waals surface area (Å²) in [6.07, 6.45) is 1.89. The topological polar surface area (TPSA) is 33.1 Å². The Kier molecular flexibility index (Phi) is 4.12. The maximum atomic E-state index is 10.2. The normalized spacial score (nSPS) is 12.4. The molecule has 1 aromatic heterocycles. The maximum Gasteiger partial charge on any atom is 0.0847 e. The standard InChI is InChI=1S/C14H14INO/c1-10-13(3-2-8-16-10)14(17)9-11-4-6-12(15)7-5-11/h2-8,14,17H,9H2,1H3. The number of benzene rings is 1. The van der Waals surface area contributed by atoms with Gasteiger partial charge in [0.2, 0.25) is 0 Å². The Hall–Kier alpha value is -0.940. The average molecular weight is 339 g/mol. The second kappa shape index (κ2) is 5.60. The summed E-state index contributed by atoms with van der Waals surface area (Å²) < 4.78 is 1.21. The van der Waals surface area contributed by atoms with Crippen LogP contribution in [0.2, 0.25) is 0 Å². The first-order chi connectivity index (χ1) is 8.16. The van der Waals surface area contributed by atoms with Crippen molar-refractivity contribution in [2.24, 2.45) is 0 Å². The summed E-state index contributed by atoms with van der Waals surface area (Å²) in [4.78, 5) is 4.19. The van der Waals surface area contributed by atoms with Gasteiger partial charge < -0.3 is 5.11 Å². The van der Waals surface area contributed by atoms with Crippen molar-refractivity contribution < 1.29 is 5.11 Å². The van der Waals surface area contributed by atoms with Crippen LogP contribution in [0.4, 0.5) is 0 Å². The minimum atomic E-state index is -0.483. The first-order valence-corrected chi connectivity index (χ1v) is 6.58. The molecule has 0 aliphatic rings. The van der Waals surface area contributed by atoms with Gasteiger partial charge in [-0.15, -0.1) is 0 Å². The molecule has 0 amide bonds. The molecular formula is C14H14INO. The van der Waals surface area contributed by atoms with E-state index in [9.17, 15) is 5.11 Å². The maximum absolute atomic E-state index is 10.2. The highest BCUT2D eigenvalue weighted by Crippen LogP contribution is 2.20. The first kappa shape index (κ1) is 12.5. The number of hydrogen-bond donors (Lipinski definition) is 1. The van der Waals surface area contributed by atoms with E-state index >= 15 is 0 Å². The van der Waals surface area contributed by atoms with Crippen LogP contribution in [0.15, 0.2) is 42.6 Å². The van der Waals surface area contributed by atoms with E-state index < -0.39 is 6.10 Å². The lowest BCUT2D eigenvalue weighted by Crippen LogP contribution is -2.04. The van der Waals surface area contributed by atoms with Crippen LogP contribution < -0.4 is 0 Å². The van der Waals surface area contributed by atoms with E-state index in [2.05, 4.69) is 51.8 Å². The zero-order valence-corrected chi connectivity index (χ0v) is 11.8. The van der Waals surface area contributed by atoms with Crippen molar-refractivity contribution in [1.29, 1.82) is 0 Å². The van der Waals surface area contributed by atoms with Gasteiger partial charge in [0.15, 0.2) is 0 Å². The van der Waals surface area contributed by atoms with Gasteiger partial charge in [-0.25, -0.2) is 0 Å². The quantitative estimate of drug-likeness (QED) is 0.871. The zero-order chi connectivity index (χ0) is 12.3. The molecule has 0 spiro atoms. The number of aliphatic hydroxyl groups excluding tert-OH is 1. The molecule has 1 N–H and O–H groups in total. The molecule has 0 aliphatic heterocycles. The predicted molar refractivity (Wildman–Crippen MR) is 76.8 cm³/mol. The fourth-order valence-corrected chi connectivity index (χ4v) is 2.16. The lowest BCUT2D eigenvalue weighted by Gasteiger charge is -2.13. The van der Waals surface area contributed by atoms with Gasteiger partial charge >= 0.3 is 0 Å². The molecule has 0 saturated heterocycles. The molecule has 1 atom stereocenters. The lowest BCUT2D eigenvalue weighted by atomic mass is 10.0. The van der Waals surface area contributed by atoms with Crippen LogP contribution in [-0.2, 0) is 6.42 Å². The van der Waals surface area contributed by atoms with Gasteiger partial charge in [0.1, 0.15) is 0 Å². The molecule has 0 bridgehead atoms. The number of hydrogen-bond acceptors (Lipinski definition) is 2. The van der Waals surface area contributed by atoms with E-state index in [-0.39, 0.29) is 0 Å². The van der Waals surface area contributed by atoms with Crippen molar-refractivity contribution in [2.45, 2.75) is 19.4 Å². The van der Waals surface area contributed by atoms with Crippen LogP contribution >= 0.6 is 22.6 Å². The van der Waals surface area contributed by atoms with Crippen LogP contribution in [0.5, 0.6) is 0 Å². The third kappa shape index (κ3) is 3.26. The van der Waals surface area contributed by atoms with Gasteiger partial charge in [-0.2, -0.15) is 0 Å². The summed E-state index contributed by atoms with van der Waals surface area (Å²) in [6.45, 7) is 1.92. The van der Waals surface area contributed by atoms with Crippen LogP contribution in [0.1, 0.15) is 22.9 Å². The van der Waals surface area contributed by atoms with Crippen molar-refractivity contribution in [3.05, 3.63) is 63.0 Å². The van der Waals surface area contributed by atoms with Crippen molar-refractivity contribution in [2.75, 3.05) is 0 Å². The Bertz CT molecular complexity index is 496. The van der Waals surface area contributed by atoms with E-state index in [4.69, 9.17) is 0 Å². The zero-order valence-electron chi connectivity index (χ0n) is 9.60. The molecule has 0 fully saturated rings. The summed E-state index contributed by atoms with van der Waals surface area (Å²) in [5.41, 5.74) is 2.94. The summed E-state index contributed by atoms with van der Waals surface area (Å²) in [7, 11) is 0. The molecule has 1 unspecified atom stereocenters. The largest absolute Gasteiger partial charge is 0.388 e. The van der Waals surface area contributed by atoms with Gasteiger partial charge in [-0.1, -0.05) is 18.2 Å². The summed E-state index contributed by atoms with van der Waals surface area (Å²) in [5.74, 6) is 0. The highest BCUT2D eigenvalue weighted by atomic mass is 127. The minimum absolute atomic E-state index is 0.483. The van der Waals surface area contributed by atoms with Crippen molar-refractivity contribution in [3.8, 4) is 0 Å². The second-order valence-electron chi connectivity index (χ2n) is 4.02. The van der Waals surface area contributed by atoms with Crippen LogP contribution in [0.3, 0.4) is 0 Å². The minimum Gasteiger partial charge on any atom is -0.388 e. The van der Waals surface area contributed by atoms with Gasteiger partial charge in [-0.05, 0) is 53.3 Å². The predicted octanol–water partition coefficient (Wildman–Crippen LogP) is 3.27. The summed E-state index contributed by atoms with van der Waals surface area (Å²) >= 11 is 2.27. The number of aryl methyl sites for hydroxylation is 1. The Balaban J connectivity index is 2.14. The molecule has 0 aliphatic carbocycles. The van der Waals surface area contributed by atoms with Gasteiger partial charge in [0.25, 0.3) is 0 Å². The summed E-state index contributed by atoms with van der Waals surface area (Å²) in [6, 6.07) is 12.0. The molecule has 0 radical (unpaired) electrons. The highest BCUT2D eigenvalue weighted by Gasteiger charge is 2.11. The molecule has 88 valence electrons. The van der Waals surface area contributed by atoms with E-state index in [1.807, 2.05) is 19.1 Å². The Labute approximate surface area is 115 Å². The van der Waals surface area contributed by atoms with E-state index in [0.717, 1.165) is 16.8 Å². The Morgan fingerprint density at radius 3 is 2.59 bits per heavy atom. The van der Waals surface area contributed by atoms with E-state index in [1.54, 1.807) is 6.20 Å². The van der Waals surface area contributed by atoms with Gasteiger partial charge in [0, 0.05) is 27.4 Å². The molecule has 2 rings (SSSR count). The molecule has 17 heavy (non-hydrogen) atoms. The van der Waals surface area contributed by atoms with Crippen LogP contribution in [0, 0.1) is 10.5 Å². The molecular weight excluding hydrogens is 325 g/mol. The van der Waals surface area contributed by atoms with Crippen molar-refractivity contribution >= 4 is 22.6 Å². The van der Waals surface area contributed by atoms with Gasteiger partial charge in [0.05, 0.1) is 6.10 Å². The molecule has 2 aromatic rings. The van der Waals surface area contributed by atoms with Gasteiger partial charge in [-0.3, -0.25) is 4.98 Å². The number of nitrogens with zero attached hydrogens (tertiary/aromatic N) is 1. The number of pyridine rings is 1. The molecule has 3 heteroatoms. The molecule has 0 saturated carbocycles. The highest BCUT2D eigenvalue weighted by molar-refractivity contribution is 14.1.